The van der Waals surface area contributed by atoms with Crippen molar-refractivity contribution in [3.8, 4) is 34.1 Å². The second-order valence-corrected chi connectivity index (χ2v) is 17.4. The van der Waals surface area contributed by atoms with Gasteiger partial charge >= 0.3 is 0 Å². The fourth-order valence-electron chi connectivity index (χ4n) is 7.61. The fraction of sp³-hybridized carbons (Fsp3) is 0.265. The van der Waals surface area contributed by atoms with Crippen LogP contribution in [0.3, 0.4) is 0 Å². The third kappa shape index (κ3) is 5.62. The molecule has 0 aliphatic carbocycles. The molecule has 264 valence electrons. The number of hydrogen-bond acceptors (Lipinski definition) is 3. The maximum absolute atomic E-state index is 10.8. The van der Waals surface area contributed by atoms with E-state index in [0.29, 0.717) is 39.2 Å². The summed E-state index contributed by atoms with van der Waals surface area (Å²) in [5.41, 5.74) is 9.97. The summed E-state index contributed by atoms with van der Waals surface area (Å²) in [5.74, 6) is 0. The van der Waals surface area contributed by atoms with Crippen molar-refractivity contribution < 1.29 is 11.3 Å². The van der Waals surface area contributed by atoms with E-state index in [2.05, 4.69) is 115 Å². The molecule has 0 unspecified atom stereocenters. The van der Waals surface area contributed by atoms with Gasteiger partial charge in [-0.25, -0.2) is 0 Å². The van der Waals surface area contributed by atoms with Gasteiger partial charge < -0.3 is 8.98 Å². The van der Waals surface area contributed by atoms with Crippen molar-refractivity contribution in [2.24, 2.45) is 0 Å². The molecule has 0 bridgehead atoms. The van der Waals surface area contributed by atoms with Gasteiger partial charge in [0.25, 0.3) is 0 Å². The number of nitrogens with zero attached hydrogens (tertiary/aromatic N) is 3. The van der Waals surface area contributed by atoms with Crippen LogP contribution in [0.5, 0.6) is 0 Å². The van der Waals surface area contributed by atoms with E-state index in [1.165, 1.54) is 11.1 Å². The molecule has 0 aliphatic heterocycles. The van der Waals surface area contributed by atoms with Gasteiger partial charge in [0.05, 0.1) is 29.1 Å². The lowest BCUT2D eigenvalue weighted by atomic mass is 9.83. The minimum absolute atomic E-state index is 0.114. The number of pyridine rings is 1. The Hall–Kier alpha value is -5.66. The Morgan fingerprint density at radius 2 is 1.28 bits per heavy atom. The molecule has 0 amide bonds. The lowest BCUT2D eigenvalue weighted by Gasteiger charge is -2.21. The number of nitriles is 1. The first-order valence-corrected chi connectivity index (χ1v) is 18.2. The summed E-state index contributed by atoms with van der Waals surface area (Å²) in [4.78, 5) is 4.86. The molecule has 0 saturated carbocycles. The van der Waals surface area contributed by atoms with Crippen LogP contribution in [0.25, 0.3) is 71.8 Å². The lowest BCUT2D eigenvalue weighted by molar-refractivity contribution is 0.591. The van der Waals surface area contributed by atoms with Gasteiger partial charge in [-0.3, -0.25) is 4.98 Å². The monoisotopic (exact) mass is 698 g/mol. The molecule has 3 heterocycles. The first-order chi connectivity index (χ1) is 27.1. The van der Waals surface area contributed by atoms with Crippen LogP contribution in [0.2, 0.25) is 0 Å². The van der Waals surface area contributed by atoms with Crippen molar-refractivity contribution >= 4 is 43.7 Å². The van der Waals surface area contributed by atoms with Gasteiger partial charge in [0.2, 0.25) is 0 Å². The average Bonchev–Trinajstić information content (AvgIpc) is 3.70. The van der Waals surface area contributed by atoms with Gasteiger partial charge in [-0.05, 0) is 87.4 Å². The third-order valence-corrected chi connectivity index (χ3v) is 10.6. The van der Waals surface area contributed by atoms with E-state index in [-0.39, 0.29) is 46.0 Å². The molecular formula is C49H47N3O. The van der Waals surface area contributed by atoms with Crippen LogP contribution in [0.15, 0.2) is 108 Å². The highest BCUT2D eigenvalue weighted by molar-refractivity contribution is 6.16. The van der Waals surface area contributed by atoms with Crippen molar-refractivity contribution in [2.75, 3.05) is 0 Å². The number of furan rings is 1. The van der Waals surface area contributed by atoms with E-state index in [0.717, 1.165) is 43.7 Å². The predicted octanol–water partition coefficient (Wildman–Crippen LogP) is 13.5. The van der Waals surface area contributed by atoms with Crippen molar-refractivity contribution in [3.63, 3.8) is 0 Å². The van der Waals surface area contributed by atoms with E-state index in [1.807, 2.05) is 31.2 Å². The SMILES string of the molecule is [2H]c1c([2H])c([2H])c(-c2cnc(-c3ccc(C(C)(C)C)c4c3oc3c(-n5c6cc(C(C)(C)C)ccc6c6ccc(C(C)(C)C)cc65)c(C#N)ccc34)cc2C)c([2H])c1[2H]. The van der Waals surface area contributed by atoms with Gasteiger partial charge in [0.1, 0.15) is 17.3 Å². The smallest absolute Gasteiger partial charge is 0.160 e. The number of rotatable bonds is 3. The molecule has 3 aromatic heterocycles. The number of fused-ring (bicyclic) bond motifs is 6. The number of hydrogen-bond donors (Lipinski definition) is 0. The van der Waals surface area contributed by atoms with E-state index in [1.54, 1.807) is 6.20 Å². The zero-order valence-corrected chi connectivity index (χ0v) is 32.2. The molecule has 4 nitrogen and oxygen atoms in total. The molecule has 0 N–H and O–H groups in total. The molecule has 0 saturated heterocycles. The first kappa shape index (κ1) is 28.9. The summed E-state index contributed by atoms with van der Waals surface area (Å²) >= 11 is 0. The Labute approximate surface area is 319 Å². The Balaban J connectivity index is 1.48. The molecule has 4 heteroatoms. The number of aromatic nitrogens is 2. The van der Waals surface area contributed by atoms with Crippen LogP contribution in [0.1, 0.15) is 97.0 Å². The van der Waals surface area contributed by atoms with Crippen molar-refractivity contribution in [2.45, 2.75) is 85.5 Å². The van der Waals surface area contributed by atoms with Crippen molar-refractivity contribution in [1.82, 2.24) is 9.55 Å². The summed E-state index contributed by atoms with van der Waals surface area (Å²) in [7, 11) is 0. The minimum Gasteiger partial charge on any atom is -0.453 e. The summed E-state index contributed by atoms with van der Waals surface area (Å²) < 4.78 is 51.1. The largest absolute Gasteiger partial charge is 0.453 e. The topological polar surface area (TPSA) is 54.8 Å². The quantitative estimate of drug-likeness (QED) is 0.185. The standard InChI is InChI=1S/C49H47N3O/c1-29-24-40(51-28-38(29)30-14-12-11-13-15-30)36-22-23-39(49(8,9)10)43-37-19-16-31(27-50)44(46(37)53-45(36)43)52-41-25-32(47(2,3)4)17-20-34(41)35-21-18-33(26-42(35)52)48(5,6)7/h11-26,28H,1-10H3/i11D,12D,13D,14D,15D. The van der Waals surface area contributed by atoms with E-state index < -0.39 is 6.04 Å². The second kappa shape index (κ2) is 11.9. The van der Waals surface area contributed by atoms with Gasteiger partial charge in [-0.1, -0.05) is 123 Å². The molecule has 8 aromatic rings. The van der Waals surface area contributed by atoms with Crippen LogP contribution in [-0.4, -0.2) is 9.55 Å². The molecule has 0 aliphatic rings. The molecule has 0 spiro atoms. The van der Waals surface area contributed by atoms with Gasteiger partial charge in [-0.2, -0.15) is 5.26 Å². The molecule has 5 aromatic carbocycles. The molecule has 0 atom stereocenters. The predicted molar refractivity (Wildman–Crippen MR) is 222 cm³/mol. The van der Waals surface area contributed by atoms with Crippen molar-refractivity contribution in [1.29, 1.82) is 5.26 Å². The molecule has 0 fully saturated rings. The molecule has 8 rings (SSSR count). The Bertz CT molecular complexity index is 2990. The highest BCUT2D eigenvalue weighted by Gasteiger charge is 2.28. The van der Waals surface area contributed by atoms with Crippen molar-refractivity contribution in [3.05, 3.63) is 131 Å². The van der Waals surface area contributed by atoms with E-state index in [4.69, 9.17) is 16.3 Å². The first-order valence-electron chi connectivity index (χ1n) is 20.7. The molecule has 53 heavy (non-hydrogen) atoms. The number of aryl methyl sites for hydroxylation is 1. The Morgan fingerprint density at radius 1 is 0.679 bits per heavy atom. The van der Waals surface area contributed by atoms with E-state index in [9.17, 15) is 5.26 Å². The highest BCUT2D eigenvalue weighted by atomic mass is 16.3. The van der Waals surface area contributed by atoms with Gasteiger partial charge in [0, 0.05) is 38.9 Å². The summed E-state index contributed by atoms with van der Waals surface area (Å²) in [6, 6.07) is 24.0. The van der Waals surface area contributed by atoms with E-state index >= 15 is 0 Å². The van der Waals surface area contributed by atoms with Crippen LogP contribution in [-0.2, 0) is 16.2 Å². The van der Waals surface area contributed by atoms with Crippen LogP contribution in [0.4, 0.5) is 0 Å². The number of benzene rings is 5. The zero-order valence-electron chi connectivity index (χ0n) is 37.2. The van der Waals surface area contributed by atoms with Crippen LogP contribution in [0, 0.1) is 18.3 Å². The summed E-state index contributed by atoms with van der Waals surface area (Å²) in [5, 5.41) is 14.9. The third-order valence-electron chi connectivity index (χ3n) is 10.6. The summed E-state index contributed by atoms with van der Waals surface area (Å²) in [6.45, 7) is 21.7. The van der Waals surface area contributed by atoms with Gasteiger partial charge in [0.15, 0.2) is 5.58 Å². The lowest BCUT2D eigenvalue weighted by Crippen LogP contribution is -2.11. The molecule has 0 radical (unpaired) electrons. The normalized spacial score (nSPS) is 14.0. The minimum atomic E-state index is -0.434. The van der Waals surface area contributed by atoms with Crippen LogP contribution < -0.4 is 0 Å². The fourth-order valence-corrected chi connectivity index (χ4v) is 7.61. The maximum atomic E-state index is 10.8. The Kier molecular flexibility index (Phi) is 6.50. The average molecular weight is 699 g/mol. The van der Waals surface area contributed by atoms with Crippen LogP contribution >= 0.6 is 0 Å². The maximum Gasteiger partial charge on any atom is 0.160 e. The highest BCUT2D eigenvalue weighted by Crippen LogP contribution is 2.46. The Morgan fingerprint density at radius 3 is 1.83 bits per heavy atom. The second-order valence-electron chi connectivity index (χ2n) is 17.4. The summed E-state index contributed by atoms with van der Waals surface area (Å²) in [6.07, 6.45) is 1.58. The zero-order chi connectivity index (χ0) is 42.0. The van der Waals surface area contributed by atoms with Gasteiger partial charge in [-0.15, -0.1) is 0 Å². The molecular weight excluding hydrogens is 647 g/mol.